The maximum absolute atomic E-state index is 11.6. The van der Waals surface area contributed by atoms with Gasteiger partial charge in [-0.3, -0.25) is 13.6 Å². The largest absolute Gasteiger partial charge is 0.472 e. The van der Waals surface area contributed by atoms with Crippen LogP contribution < -0.4 is 5.73 Å². The number of hydrogen-bond donors (Lipinski definition) is 2. The fraction of sp³-hybridized carbons (Fsp3) is 0.583. The molecule has 126 valence electrons. The van der Waals surface area contributed by atoms with Crippen LogP contribution in [0.4, 0.5) is 5.82 Å². The Morgan fingerprint density at radius 2 is 2.30 bits per heavy atom. The quantitative estimate of drug-likeness (QED) is 0.768. The van der Waals surface area contributed by atoms with Gasteiger partial charge < -0.3 is 15.4 Å². The Bertz CT molecular complexity index is 753. The van der Waals surface area contributed by atoms with Gasteiger partial charge >= 0.3 is 7.82 Å². The van der Waals surface area contributed by atoms with Gasteiger partial charge in [-0.25, -0.2) is 19.5 Å². The van der Waals surface area contributed by atoms with E-state index in [0.29, 0.717) is 24.0 Å². The van der Waals surface area contributed by atoms with Gasteiger partial charge in [0.2, 0.25) is 0 Å². The molecule has 11 heteroatoms. The molecule has 1 saturated heterocycles. The Balaban J connectivity index is 1.86. The monoisotopic (exact) mass is 343 g/mol. The summed E-state index contributed by atoms with van der Waals surface area (Å²) >= 11 is 0. The number of anilines is 1. The molecule has 1 aliphatic rings. The summed E-state index contributed by atoms with van der Waals surface area (Å²) in [6.07, 6.45) is 2.55. The van der Waals surface area contributed by atoms with Gasteiger partial charge in [0.1, 0.15) is 18.1 Å². The lowest BCUT2D eigenvalue weighted by molar-refractivity contribution is -0.0189. The molecular formula is C12H18N5O5P. The normalized spacial score (nSPS) is 27.3. The second-order valence-corrected chi connectivity index (χ2v) is 6.66. The Morgan fingerprint density at radius 1 is 1.52 bits per heavy atom. The van der Waals surface area contributed by atoms with Crippen molar-refractivity contribution >= 4 is 24.8 Å². The summed E-state index contributed by atoms with van der Waals surface area (Å²) in [6.45, 7) is 1.91. The average Bonchev–Trinajstić information content (AvgIpc) is 3.11. The number of nitrogen functional groups attached to an aromatic ring is 1. The van der Waals surface area contributed by atoms with Gasteiger partial charge in [0.15, 0.2) is 11.5 Å². The number of hydrogen-bond acceptors (Lipinski definition) is 8. The summed E-state index contributed by atoms with van der Waals surface area (Å²) in [7, 11) is -2.96. The molecule has 3 N–H and O–H groups in total. The molecule has 0 bridgehead atoms. The Hall–Kier alpha value is -1.58. The predicted octanol–water partition coefficient (Wildman–Crippen LogP) is 1.24. The van der Waals surface area contributed by atoms with Crippen LogP contribution in [0, 0.1) is 0 Å². The van der Waals surface area contributed by atoms with Gasteiger partial charge in [-0.1, -0.05) is 6.92 Å². The highest BCUT2D eigenvalue weighted by Gasteiger charge is 2.40. The van der Waals surface area contributed by atoms with E-state index in [2.05, 4.69) is 19.5 Å². The van der Waals surface area contributed by atoms with E-state index in [4.69, 9.17) is 15.0 Å². The minimum Gasteiger partial charge on any atom is -0.382 e. The summed E-state index contributed by atoms with van der Waals surface area (Å²) in [5.41, 5.74) is 6.79. The molecule has 0 radical (unpaired) electrons. The molecule has 0 aromatic carbocycles. The minimum absolute atomic E-state index is 0.283. The summed E-state index contributed by atoms with van der Waals surface area (Å²) in [5, 5.41) is 0. The number of phosphoric acid groups is 1. The fourth-order valence-electron chi connectivity index (χ4n) is 2.64. The van der Waals surface area contributed by atoms with Crippen molar-refractivity contribution in [3.63, 3.8) is 0 Å². The number of ether oxygens (including phenoxy) is 1. The minimum atomic E-state index is -4.08. The number of fused-ring (bicyclic) bond motifs is 1. The third-order valence-electron chi connectivity index (χ3n) is 3.78. The lowest BCUT2D eigenvalue weighted by Gasteiger charge is -2.18. The van der Waals surface area contributed by atoms with Crippen molar-refractivity contribution in [3.8, 4) is 0 Å². The highest BCUT2D eigenvalue weighted by molar-refractivity contribution is 7.47. The van der Waals surface area contributed by atoms with Crippen molar-refractivity contribution in [2.45, 2.75) is 38.2 Å². The molecule has 0 amide bonds. The first-order valence-electron chi connectivity index (χ1n) is 7.10. The van der Waals surface area contributed by atoms with E-state index in [9.17, 15) is 9.46 Å². The van der Waals surface area contributed by atoms with Crippen LogP contribution in [-0.4, -0.2) is 43.7 Å². The average molecular weight is 343 g/mol. The number of phosphoric ester groups is 1. The maximum atomic E-state index is 11.6. The van der Waals surface area contributed by atoms with E-state index in [1.807, 2.05) is 6.92 Å². The summed E-state index contributed by atoms with van der Waals surface area (Å²) in [6, 6.07) is 0. The lowest BCUT2D eigenvalue weighted by atomic mass is 10.1. The van der Waals surface area contributed by atoms with Crippen LogP contribution in [-0.2, 0) is 18.3 Å². The molecule has 3 heterocycles. The molecule has 3 rings (SSSR count). The van der Waals surface area contributed by atoms with Gasteiger partial charge in [-0.05, 0) is 6.42 Å². The third kappa shape index (κ3) is 3.08. The van der Waals surface area contributed by atoms with E-state index in [1.165, 1.54) is 6.33 Å². The van der Waals surface area contributed by atoms with Gasteiger partial charge in [0.25, 0.3) is 0 Å². The second kappa shape index (κ2) is 6.14. The van der Waals surface area contributed by atoms with Crippen LogP contribution in [0.15, 0.2) is 12.7 Å². The van der Waals surface area contributed by atoms with Gasteiger partial charge in [-0.15, -0.1) is 0 Å². The number of aromatic nitrogens is 4. The standard InChI is InChI=1S/C12H18N5O5P/c1-3-7-8(22-23(18,19)20-2)4-9(21-7)17-6-16-10-11(13)14-5-15-12(10)17/h5-9H,3-4H2,1-2H3,(H,18,19)(H2,13,14,15)/t7-,8+,9-/m0/s1. The molecule has 2 aromatic rings. The number of nitrogens with zero attached hydrogens (tertiary/aromatic N) is 4. The molecular weight excluding hydrogens is 325 g/mol. The van der Waals surface area contributed by atoms with E-state index >= 15 is 0 Å². The molecule has 0 saturated carbocycles. The topological polar surface area (TPSA) is 135 Å². The van der Waals surface area contributed by atoms with Crippen molar-refractivity contribution in [2.24, 2.45) is 0 Å². The van der Waals surface area contributed by atoms with Gasteiger partial charge in [-0.2, -0.15) is 0 Å². The third-order valence-corrected chi connectivity index (χ3v) is 4.78. The van der Waals surface area contributed by atoms with Crippen LogP contribution >= 0.6 is 7.82 Å². The van der Waals surface area contributed by atoms with E-state index in [-0.39, 0.29) is 11.9 Å². The van der Waals surface area contributed by atoms with E-state index in [1.54, 1.807) is 10.9 Å². The molecule has 10 nitrogen and oxygen atoms in total. The highest BCUT2D eigenvalue weighted by atomic mass is 31.2. The van der Waals surface area contributed by atoms with Crippen molar-refractivity contribution in [3.05, 3.63) is 12.7 Å². The zero-order chi connectivity index (χ0) is 16.6. The number of nitrogens with two attached hydrogens (primary N) is 1. The SMILES string of the molecule is CC[C@@H]1O[C@H](n2cnc3c(N)ncnc32)C[C@H]1OP(=O)(O)OC. The second-order valence-electron chi connectivity index (χ2n) is 5.15. The maximum Gasteiger partial charge on any atom is 0.472 e. The Kier molecular flexibility index (Phi) is 4.35. The number of rotatable bonds is 5. The molecule has 1 aliphatic heterocycles. The molecule has 2 aromatic heterocycles. The van der Waals surface area contributed by atoms with Crippen molar-refractivity contribution < 1.29 is 23.2 Å². The zero-order valence-electron chi connectivity index (χ0n) is 12.7. The van der Waals surface area contributed by atoms with Crippen LogP contribution in [0.2, 0.25) is 0 Å². The Morgan fingerprint density at radius 3 is 3.00 bits per heavy atom. The van der Waals surface area contributed by atoms with Crippen molar-refractivity contribution in [1.29, 1.82) is 0 Å². The van der Waals surface area contributed by atoms with Crippen LogP contribution in [0.5, 0.6) is 0 Å². The van der Waals surface area contributed by atoms with Crippen LogP contribution in [0.25, 0.3) is 11.2 Å². The summed E-state index contributed by atoms with van der Waals surface area (Å²) in [4.78, 5) is 21.8. The zero-order valence-corrected chi connectivity index (χ0v) is 13.6. The van der Waals surface area contributed by atoms with E-state index < -0.39 is 20.2 Å². The molecule has 0 spiro atoms. The van der Waals surface area contributed by atoms with Crippen molar-refractivity contribution in [2.75, 3.05) is 12.8 Å². The fourth-order valence-corrected chi connectivity index (χ4v) is 3.29. The smallest absolute Gasteiger partial charge is 0.382 e. The van der Waals surface area contributed by atoms with Crippen molar-refractivity contribution in [1.82, 2.24) is 19.5 Å². The first-order chi connectivity index (χ1) is 10.9. The molecule has 4 atom stereocenters. The first-order valence-corrected chi connectivity index (χ1v) is 8.60. The highest BCUT2D eigenvalue weighted by Crippen LogP contribution is 2.48. The van der Waals surface area contributed by atoms with Gasteiger partial charge in [0.05, 0.1) is 18.5 Å². The summed E-state index contributed by atoms with van der Waals surface area (Å²) in [5.74, 6) is 0.283. The molecule has 0 aliphatic carbocycles. The molecule has 1 unspecified atom stereocenters. The Labute approximate surface area is 132 Å². The van der Waals surface area contributed by atoms with Crippen LogP contribution in [0.3, 0.4) is 0 Å². The van der Waals surface area contributed by atoms with E-state index in [0.717, 1.165) is 7.11 Å². The number of imidazole rings is 1. The molecule has 23 heavy (non-hydrogen) atoms. The predicted molar refractivity (Wildman–Crippen MR) is 80.3 cm³/mol. The first kappa shape index (κ1) is 16.3. The molecule has 1 fully saturated rings. The lowest BCUT2D eigenvalue weighted by Crippen LogP contribution is -2.22. The summed E-state index contributed by atoms with van der Waals surface area (Å²) < 4.78 is 29.0. The van der Waals surface area contributed by atoms with Crippen LogP contribution in [0.1, 0.15) is 26.0 Å². The van der Waals surface area contributed by atoms with Gasteiger partial charge in [0, 0.05) is 13.5 Å².